The summed E-state index contributed by atoms with van der Waals surface area (Å²) < 4.78 is 0. The Balaban J connectivity index is 2.74. The van der Waals surface area contributed by atoms with Crippen molar-refractivity contribution in [3.63, 3.8) is 0 Å². The zero-order valence-electron chi connectivity index (χ0n) is 12.5. The van der Waals surface area contributed by atoms with Crippen LogP contribution in [0.15, 0.2) is 24.3 Å². The lowest BCUT2D eigenvalue weighted by molar-refractivity contribution is -0.155. The number of benzene rings is 1. The normalized spacial score (nSPS) is 13.0. The van der Waals surface area contributed by atoms with E-state index in [0.29, 0.717) is 12.1 Å². The quantitative estimate of drug-likeness (QED) is 0.581. The van der Waals surface area contributed by atoms with E-state index < -0.39 is 24.0 Å². The van der Waals surface area contributed by atoms with Crippen molar-refractivity contribution < 1.29 is 24.6 Å². The van der Waals surface area contributed by atoms with Crippen molar-refractivity contribution in [3.8, 4) is 0 Å². The lowest BCUT2D eigenvalue weighted by Gasteiger charge is -2.18. The van der Waals surface area contributed by atoms with Gasteiger partial charge in [-0.2, -0.15) is 0 Å². The van der Waals surface area contributed by atoms with Crippen molar-refractivity contribution in [1.82, 2.24) is 10.6 Å². The molecule has 1 rings (SSSR count). The van der Waals surface area contributed by atoms with Gasteiger partial charge in [0.15, 0.2) is 5.60 Å². The highest BCUT2D eigenvalue weighted by Gasteiger charge is 2.30. The van der Waals surface area contributed by atoms with E-state index in [4.69, 9.17) is 5.11 Å². The van der Waals surface area contributed by atoms with Gasteiger partial charge in [-0.1, -0.05) is 13.0 Å². The van der Waals surface area contributed by atoms with Crippen LogP contribution in [-0.2, 0) is 4.79 Å². The fourth-order valence-corrected chi connectivity index (χ4v) is 1.57. The molecule has 22 heavy (non-hydrogen) atoms. The summed E-state index contributed by atoms with van der Waals surface area (Å²) in [4.78, 5) is 34.5. The van der Waals surface area contributed by atoms with Crippen LogP contribution in [-0.4, -0.2) is 46.7 Å². The molecule has 0 bridgehead atoms. The molecular formula is C15H20N2O5. The Kier molecular flexibility index (Phi) is 6.06. The van der Waals surface area contributed by atoms with Crippen molar-refractivity contribution in [3.05, 3.63) is 35.4 Å². The molecule has 4 N–H and O–H groups in total. The predicted octanol–water partition coefficient (Wildman–Crippen LogP) is 0.392. The van der Waals surface area contributed by atoms with Crippen LogP contribution in [0.25, 0.3) is 0 Å². The molecule has 0 fully saturated rings. The van der Waals surface area contributed by atoms with Gasteiger partial charge >= 0.3 is 5.97 Å². The maximum absolute atomic E-state index is 12.0. The van der Waals surface area contributed by atoms with Gasteiger partial charge < -0.3 is 20.8 Å². The maximum atomic E-state index is 12.0. The van der Waals surface area contributed by atoms with Crippen LogP contribution >= 0.6 is 0 Å². The number of hydrogen-bond acceptors (Lipinski definition) is 4. The van der Waals surface area contributed by atoms with Crippen molar-refractivity contribution in [2.75, 3.05) is 13.1 Å². The molecule has 0 radical (unpaired) electrons. The van der Waals surface area contributed by atoms with E-state index in [9.17, 15) is 19.5 Å². The smallest absolute Gasteiger partial charge is 0.337 e. The third kappa shape index (κ3) is 4.85. The van der Waals surface area contributed by atoms with Gasteiger partial charge in [0.2, 0.25) is 0 Å². The van der Waals surface area contributed by atoms with Crippen molar-refractivity contribution in [1.29, 1.82) is 0 Å². The minimum Gasteiger partial charge on any atom is -0.479 e. The Morgan fingerprint density at radius 1 is 1.14 bits per heavy atom. The Labute approximate surface area is 128 Å². The number of hydrogen-bond donors (Lipinski definition) is 4. The van der Waals surface area contributed by atoms with Crippen LogP contribution in [0.5, 0.6) is 0 Å². The van der Waals surface area contributed by atoms with Gasteiger partial charge in [-0.05, 0) is 31.5 Å². The lowest BCUT2D eigenvalue weighted by atomic mass is 10.1. The number of carbonyl (C=O) groups is 3. The average molecular weight is 308 g/mol. The van der Waals surface area contributed by atoms with E-state index in [1.165, 1.54) is 12.1 Å². The summed E-state index contributed by atoms with van der Waals surface area (Å²) in [5.74, 6) is -2.28. The molecule has 7 heteroatoms. The number of rotatable bonds is 7. The first-order valence-electron chi connectivity index (χ1n) is 6.90. The number of carbonyl (C=O) groups excluding carboxylic acids is 2. The first kappa shape index (κ1) is 17.6. The van der Waals surface area contributed by atoms with Crippen LogP contribution in [0.2, 0.25) is 0 Å². The van der Waals surface area contributed by atoms with Crippen molar-refractivity contribution in [2.24, 2.45) is 0 Å². The molecule has 0 saturated heterocycles. The molecule has 1 aromatic carbocycles. The molecule has 0 heterocycles. The molecule has 1 aromatic rings. The maximum Gasteiger partial charge on any atom is 0.337 e. The zero-order valence-corrected chi connectivity index (χ0v) is 12.5. The van der Waals surface area contributed by atoms with Crippen LogP contribution in [0, 0.1) is 0 Å². The van der Waals surface area contributed by atoms with E-state index in [2.05, 4.69) is 10.6 Å². The van der Waals surface area contributed by atoms with Gasteiger partial charge in [-0.3, -0.25) is 9.59 Å². The fraction of sp³-hybridized carbons (Fsp3) is 0.400. The second-order valence-electron chi connectivity index (χ2n) is 5.10. The van der Waals surface area contributed by atoms with E-state index in [-0.39, 0.29) is 11.5 Å². The molecule has 1 atom stereocenters. The topological polar surface area (TPSA) is 116 Å². The Morgan fingerprint density at radius 3 is 2.18 bits per heavy atom. The van der Waals surface area contributed by atoms with Gasteiger partial charge in [0.05, 0.1) is 6.54 Å². The summed E-state index contributed by atoms with van der Waals surface area (Å²) in [6, 6.07) is 6.05. The van der Waals surface area contributed by atoms with Crippen molar-refractivity contribution in [2.45, 2.75) is 25.9 Å². The van der Waals surface area contributed by atoms with Crippen LogP contribution in [0.3, 0.4) is 0 Å². The lowest BCUT2D eigenvalue weighted by Crippen LogP contribution is -2.46. The molecule has 0 aliphatic heterocycles. The molecular weight excluding hydrogens is 288 g/mol. The molecule has 120 valence electrons. The average Bonchev–Trinajstić information content (AvgIpc) is 2.50. The summed E-state index contributed by atoms with van der Waals surface area (Å²) in [7, 11) is 0. The number of nitrogens with one attached hydrogen (secondary N) is 2. The first-order valence-corrected chi connectivity index (χ1v) is 6.90. The molecule has 0 aromatic heterocycles. The van der Waals surface area contributed by atoms with Gasteiger partial charge in [0.25, 0.3) is 11.8 Å². The fourth-order valence-electron chi connectivity index (χ4n) is 1.57. The highest BCUT2D eigenvalue weighted by molar-refractivity contribution is 5.99. The molecule has 0 aliphatic carbocycles. The third-order valence-corrected chi connectivity index (χ3v) is 2.98. The van der Waals surface area contributed by atoms with E-state index in [1.807, 2.05) is 6.92 Å². The number of aliphatic hydroxyl groups is 1. The summed E-state index contributed by atoms with van der Waals surface area (Å²) in [5.41, 5.74) is -1.50. The summed E-state index contributed by atoms with van der Waals surface area (Å²) in [5, 5.41) is 23.3. The predicted molar refractivity (Wildman–Crippen MR) is 79.7 cm³/mol. The molecule has 0 spiro atoms. The Hall–Kier alpha value is -2.41. The minimum absolute atomic E-state index is 0.213. The summed E-state index contributed by atoms with van der Waals surface area (Å²) >= 11 is 0. The van der Waals surface area contributed by atoms with Crippen molar-refractivity contribution >= 4 is 17.8 Å². The Morgan fingerprint density at radius 2 is 1.68 bits per heavy atom. The number of carboxylic acids is 1. The van der Waals surface area contributed by atoms with Gasteiger partial charge in [-0.15, -0.1) is 0 Å². The SMILES string of the molecule is CCCNC(=O)c1cccc(C(=O)NCC(C)(O)C(=O)O)c1. The molecule has 0 aliphatic rings. The monoisotopic (exact) mass is 308 g/mol. The van der Waals surface area contributed by atoms with Gasteiger partial charge in [0.1, 0.15) is 0 Å². The van der Waals surface area contributed by atoms with Gasteiger partial charge in [-0.25, -0.2) is 4.79 Å². The second kappa shape index (κ2) is 7.56. The second-order valence-corrected chi connectivity index (χ2v) is 5.10. The number of amides is 2. The van der Waals surface area contributed by atoms with Gasteiger partial charge in [0, 0.05) is 17.7 Å². The minimum atomic E-state index is -2.05. The standard InChI is InChI=1S/C15H20N2O5/c1-3-7-16-12(18)10-5-4-6-11(8-10)13(19)17-9-15(2,22)14(20)21/h4-6,8,22H,3,7,9H2,1-2H3,(H,16,18)(H,17,19)(H,20,21). The molecule has 1 unspecified atom stereocenters. The van der Waals surface area contributed by atoms with E-state index in [1.54, 1.807) is 12.1 Å². The third-order valence-electron chi connectivity index (χ3n) is 2.98. The van der Waals surface area contributed by atoms with E-state index in [0.717, 1.165) is 13.3 Å². The van der Waals surface area contributed by atoms with E-state index >= 15 is 0 Å². The summed E-state index contributed by atoms with van der Waals surface area (Å²) in [6.07, 6.45) is 0.802. The highest BCUT2D eigenvalue weighted by Crippen LogP contribution is 2.07. The molecule has 0 saturated carbocycles. The molecule has 7 nitrogen and oxygen atoms in total. The number of aliphatic carboxylic acids is 1. The van der Waals surface area contributed by atoms with Crippen LogP contribution < -0.4 is 10.6 Å². The zero-order chi connectivity index (χ0) is 16.8. The highest BCUT2D eigenvalue weighted by atomic mass is 16.4. The first-order chi connectivity index (χ1) is 10.3. The van der Waals surface area contributed by atoms with Crippen LogP contribution in [0.4, 0.5) is 0 Å². The largest absolute Gasteiger partial charge is 0.479 e. The Bertz CT molecular complexity index is 569. The molecule has 2 amide bonds. The van der Waals surface area contributed by atoms with Crippen LogP contribution in [0.1, 0.15) is 41.0 Å². The summed E-state index contributed by atoms with van der Waals surface area (Å²) in [6.45, 7) is 3.12. The number of carboxylic acid groups (broad SMARTS) is 1.